The number of aromatic nitrogens is 2. The Morgan fingerprint density at radius 2 is 1.67 bits per heavy atom. The summed E-state index contributed by atoms with van der Waals surface area (Å²) in [6.07, 6.45) is 0. The van der Waals surface area contributed by atoms with E-state index in [1.165, 1.54) is 0 Å². The molecule has 0 fully saturated rings. The van der Waals surface area contributed by atoms with Gasteiger partial charge in [0, 0.05) is 4.47 Å². The standard InChI is InChI=1S/C13H5BrCl4N2S/c14-5-1-2-9(12(18)11(5)17)20-10-4-7(16)6(15)3-8(10)19-13(20)21/h1-4H,(H,19,21). The molecule has 0 aliphatic heterocycles. The first-order chi connectivity index (χ1) is 9.90. The fourth-order valence-electron chi connectivity index (χ4n) is 2.03. The van der Waals surface area contributed by atoms with Crippen molar-refractivity contribution in [3.8, 4) is 5.69 Å². The molecule has 1 aromatic heterocycles. The van der Waals surface area contributed by atoms with Crippen molar-refractivity contribution < 1.29 is 0 Å². The summed E-state index contributed by atoms with van der Waals surface area (Å²) in [6, 6.07) is 7.09. The van der Waals surface area contributed by atoms with Gasteiger partial charge in [-0.25, -0.2) is 0 Å². The van der Waals surface area contributed by atoms with Crippen molar-refractivity contribution in [1.82, 2.24) is 9.55 Å². The third-order valence-electron chi connectivity index (χ3n) is 2.98. The third-order valence-corrected chi connectivity index (χ3v) is 5.75. The predicted molar refractivity (Wildman–Crippen MR) is 96.2 cm³/mol. The van der Waals surface area contributed by atoms with E-state index in [2.05, 4.69) is 20.9 Å². The van der Waals surface area contributed by atoms with Crippen LogP contribution in [0.15, 0.2) is 28.7 Å². The number of hydrogen-bond acceptors (Lipinski definition) is 1. The van der Waals surface area contributed by atoms with Crippen molar-refractivity contribution in [2.75, 3.05) is 0 Å². The molecule has 2 aromatic carbocycles. The number of benzene rings is 2. The zero-order valence-corrected chi connectivity index (χ0v) is 15.5. The van der Waals surface area contributed by atoms with E-state index in [1.54, 1.807) is 16.7 Å². The van der Waals surface area contributed by atoms with Gasteiger partial charge >= 0.3 is 0 Å². The number of fused-ring (bicyclic) bond motifs is 1. The summed E-state index contributed by atoms with van der Waals surface area (Å²) < 4.78 is 2.96. The highest BCUT2D eigenvalue weighted by Gasteiger charge is 2.15. The Kier molecular flexibility index (Phi) is 4.30. The Bertz CT molecular complexity index is 932. The lowest BCUT2D eigenvalue weighted by atomic mass is 10.2. The highest BCUT2D eigenvalue weighted by Crippen LogP contribution is 2.37. The van der Waals surface area contributed by atoms with Crippen LogP contribution in [0.2, 0.25) is 20.1 Å². The first-order valence-electron chi connectivity index (χ1n) is 5.64. The van der Waals surface area contributed by atoms with Crippen LogP contribution in [0.4, 0.5) is 0 Å². The maximum Gasteiger partial charge on any atom is 0.182 e. The van der Waals surface area contributed by atoms with Crippen LogP contribution >= 0.6 is 74.6 Å². The molecule has 108 valence electrons. The van der Waals surface area contributed by atoms with Gasteiger partial charge in [-0.3, -0.25) is 4.57 Å². The van der Waals surface area contributed by atoms with Gasteiger partial charge in [0.15, 0.2) is 4.77 Å². The summed E-state index contributed by atoms with van der Waals surface area (Å²) >= 11 is 33.3. The fourth-order valence-corrected chi connectivity index (χ4v) is 3.51. The van der Waals surface area contributed by atoms with Gasteiger partial charge in [-0.2, -0.15) is 0 Å². The molecule has 3 aromatic rings. The van der Waals surface area contributed by atoms with Gasteiger partial charge in [-0.05, 0) is 52.4 Å². The predicted octanol–water partition coefficient (Wildman–Crippen LogP) is 7.06. The van der Waals surface area contributed by atoms with E-state index in [0.29, 0.717) is 35.0 Å². The van der Waals surface area contributed by atoms with Crippen molar-refractivity contribution in [2.24, 2.45) is 0 Å². The van der Waals surface area contributed by atoms with Crippen molar-refractivity contribution in [1.29, 1.82) is 0 Å². The van der Waals surface area contributed by atoms with Crippen molar-refractivity contribution >= 4 is 85.6 Å². The normalized spacial score (nSPS) is 11.3. The molecule has 0 unspecified atom stereocenters. The maximum absolute atomic E-state index is 6.33. The molecule has 1 N–H and O–H groups in total. The monoisotopic (exact) mass is 440 g/mol. The van der Waals surface area contributed by atoms with Gasteiger partial charge in [0.25, 0.3) is 0 Å². The number of halogens is 5. The lowest BCUT2D eigenvalue weighted by Crippen LogP contribution is -1.96. The lowest BCUT2D eigenvalue weighted by Gasteiger charge is -2.10. The first-order valence-corrected chi connectivity index (χ1v) is 8.35. The highest BCUT2D eigenvalue weighted by molar-refractivity contribution is 9.10. The van der Waals surface area contributed by atoms with Gasteiger partial charge in [-0.15, -0.1) is 0 Å². The second kappa shape index (κ2) is 5.76. The highest BCUT2D eigenvalue weighted by atomic mass is 79.9. The SMILES string of the molecule is S=c1[nH]c2cc(Cl)c(Cl)cc2n1-c1ccc(Br)c(Cl)c1Cl. The van der Waals surface area contributed by atoms with E-state index in [4.69, 9.17) is 58.6 Å². The van der Waals surface area contributed by atoms with E-state index in [-0.39, 0.29) is 0 Å². The molecule has 0 amide bonds. The summed E-state index contributed by atoms with van der Waals surface area (Å²) in [4.78, 5) is 3.08. The van der Waals surface area contributed by atoms with E-state index in [9.17, 15) is 0 Å². The summed E-state index contributed by atoms with van der Waals surface area (Å²) in [6.45, 7) is 0. The van der Waals surface area contributed by atoms with E-state index < -0.39 is 0 Å². The molecule has 0 radical (unpaired) electrons. The fraction of sp³-hybridized carbons (Fsp3) is 0. The molecule has 0 spiro atoms. The molecule has 8 heteroatoms. The molecule has 2 nitrogen and oxygen atoms in total. The minimum Gasteiger partial charge on any atom is -0.330 e. The maximum atomic E-state index is 6.33. The summed E-state index contributed by atoms with van der Waals surface area (Å²) in [5.74, 6) is 0. The van der Waals surface area contributed by atoms with Gasteiger partial charge in [0.1, 0.15) is 0 Å². The third kappa shape index (κ3) is 2.62. The molecule has 0 bridgehead atoms. The number of nitrogens with one attached hydrogen (secondary N) is 1. The molecular weight excluding hydrogens is 438 g/mol. The number of rotatable bonds is 1. The molecule has 1 heterocycles. The number of imidazole rings is 1. The number of hydrogen-bond donors (Lipinski definition) is 1. The molecule has 0 saturated heterocycles. The molecular formula is C13H5BrCl4N2S. The minimum absolute atomic E-state index is 0.397. The Morgan fingerprint density at radius 1 is 1.00 bits per heavy atom. The van der Waals surface area contributed by atoms with Crippen LogP contribution in [-0.2, 0) is 0 Å². The van der Waals surface area contributed by atoms with E-state index >= 15 is 0 Å². The topological polar surface area (TPSA) is 20.7 Å². The van der Waals surface area contributed by atoms with Crippen LogP contribution in [0.25, 0.3) is 16.7 Å². The van der Waals surface area contributed by atoms with Crippen LogP contribution in [0.5, 0.6) is 0 Å². The van der Waals surface area contributed by atoms with Gasteiger partial charge < -0.3 is 4.98 Å². The minimum atomic E-state index is 0.397. The summed E-state index contributed by atoms with van der Waals surface area (Å²) in [5.41, 5.74) is 2.21. The van der Waals surface area contributed by atoms with Crippen LogP contribution in [-0.4, -0.2) is 9.55 Å². The van der Waals surface area contributed by atoms with E-state index in [1.807, 2.05) is 12.1 Å². The molecule has 0 atom stereocenters. The second-order valence-corrected chi connectivity index (χ2v) is 7.05. The van der Waals surface area contributed by atoms with Gasteiger partial charge in [-0.1, -0.05) is 46.4 Å². The van der Waals surface area contributed by atoms with Crippen molar-refractivity contribution in [3.63, 3.8) is 0 Å². The van der Waals surface area contributed by atoms with Crippen molar-refractivity contribution in [3.05, 3.63) is 53.6 Å². The number of nitrogens with zero attached hydrogens (tertiary/aromatic N) is 1. The Hall–Kier alpha value is -0.230. The lowest BCUT2D eigenvalue weighted by molar-refractivity contribution is 1.06. The van der Waals surface area contributed by atoms with Crippen LogP contribution in [0.1, 0.15) is 0 Å². The molecule has 0 aliphatic rings. The Morgan fingerprint density at radius 3 is 2.38 bits per heavy atom. The van der Waals surface area contributed by atoms with Gasteiger partial charge in [0.2, 0.25) is 0 Å². The number of aromatic amines is 1. The van der Waals surface area contributed by atoms with Crippen LogP contribution < -0.4 is 0 Å². The second-order valence-electron chi connectivity index (χ2n) is 4.24. The zero-order chi connectivity index (χ0) is 15.3. The zero-order valence-electron chi connectivity index (χ0n) is 10.1. The van der Waals surface area contributed by atoms with Gasteiger partial charge in [0.05, 0.1) is 36.8 Å². The molecule has 3 rings (SSSR count). The van der Waals surface area contributed by atoms with Crippen LogP contribution in [0.3, 0.4) is 0 Å². The average molecular weight is 443 g/mol. The quantitative estimate of drug-likeness (QED) is 0.316. The largest absolute Gasteiger partial charge is 0.330 e. The molecule has 0 aliphatic carbocycles. The van der Waals surface area contributed by atoms with Crippen molar-refractivity contribution in [2.45, 2.75) is 0 Å². The Labute approximate surface area is 153 Å². The van der Waals surface area contributed by atoms with Crippen LogP contribution in [0, 0.1) is 4.77 Å². The summed E-state index contributed by atoms with van der Waals surface area (Å²) in [7, 11) is 0. The molecule has 21 heavy (non-hydrogen) atoms. The molecule has 0 saturated carbocycles. The first kappa shape index (κ1) is 15.7. The van der Waals surface area contributed by atoms with E-state index in [0.717, 1.165) is 11.0 Å². The summed E-state index contributed by atoms with van der Waals surface area (Å²) in [5, 5.41) is 1.71. The smallest absolute Gasteiger partial charge is 0.182 e. The average Bonchev–Trinajstić information content (AvgIpc) is 2.73. The Balaban J connectivity index is 2.41. The number of H-pyrrole nitrogens is 1.